The van der Waals surface area contributed by atoms with Gasteiger partial charge in [0.05, 0.1) is 56.8 Å². The molecule has 18 N–H and O–H groups in total. The van der Waals surface area contributed by atoms with Gasteiger partial charge in [0.15, 0.2) is 0 Å². The van der Waals surface area contributed by atoms with Crippen LogP contribution in [0.15, 0.2) is 86.0 Å². The first-order chi connectivity index (χ1) is 20.9. The number of fused-ring (bicyclic) bond motifs is 12. The molecule has 284 valence electrons. The van der Waals surface area contributed by atoms with Crippen molar-refractivity contribution in [2.75, 3.05) is 0 Å². The second-order valence-electron chi connectivity index (χ2n) is 8.67. The summed E-state index contributed by atoms with van der Waals surface area (Å²) >= 11 is 0. The van der Waals surface area contributed by atoms with Gasteiger partial charge in [-0.05, 0) is 48.5 Å². The van der Waals surface area contributed by atoms with Gasteiger partial charge in [-0.2, -0.15) is 0 Å². The van der Waals surface area contributed by atoms with Crippen LogP contribution >= 0.6 is 0 Å². The summed E-state index contributed by atoms with van der Waals surface area (Å²) in [5.74, 6) is 0. The van der Waals surface area contributed by atoms with Gasteiger partial charge >= 0.3 is 34.1 Å². The standard InChI is InChI=1S/2C13H8N4.2Fe.2H2O4S.6H2O/c2*1-3-8-10(14-5-1)11-9(4-2-6-15-11)13-12(8)16-7-17-13;;;2*1-5(2,3)4;;;;;;/h2*1-7H,(H,16,17);;;2*(H2,1,2,3,4);6*1H2/q;;2*+2;;;;;;;;. The third-order valence-electron chi connectivity index (χ3n) is 6.01. The fourth-order valence-electron chi connectivity index (χ4n) is 4.57. The Labute approximate surface area is 313 Å². The summed E-state index contributed by atoms with van der Waals surface area (Å²) < 4.78 is 68.2. The molecule has 0 saturated carbocycles. The Morgan fingerprint density at radius 1 is 0.423 bits per heavy atom. The van der Waals surface area contributed by atoms with Crippen molar-refractivity contribution in [3.63, 3.8) is 0 Å². The van der Waals surface area contributed by atoms with Gasteiger partial charge in [-0.15, -0.1) is 0 Å². The van der Waals surface area contributed by atoms with Crippen LogP contribution in [0.3, 0.4) is 0 Å². The quantitative estimate of drug-likeness (QED) is 0.0516. The predicted octanol–water partition coefficient (Wildman–Crippen LogP) is -2.70. The van der Waals surface area contributed by atoms with Crippen molar-refractivity contribution in [3.05, 3.63) is 86.0 Å². The fraction of sp³-hybridized carbons (Fsp3) is 0. The molecule has 26 heteroatoms. The van der Waals surface area contributed by atoms with E-state index >= 15 is 0 Å². The molecule has 0 fully saturated rings. The van der Waals surface area contributed by atoms with E-state index in [2.05, 4.69) is 39.9 Å². The monoisotopic (exact) mass is 856 g/mol. The first-order valence-corrected chi connectivity index (χ1v) is 14.8. The Kier molecular flexibility index (Phi) is 23.5. The maximum absolute atomic E-state index is 8.52. The molecular formula is C26H32Fe2N8O14S2+4. The molecule has 0 saturated heterocycles. The Hall–Kier alpha value is -4.44. The Morgan fingerprint density at radius 2 is 0.654 bits per heavy atom. The topological polar surface area (TPSA) is 464 Å². The minimum Gasteiger partial charge on any atom is -0.759 e. The maximum Gasteiger partial charge on any atom is 2.00 e. The van der Waals surface area contributed by atoms with E-state index in [1.807, 2.05) is 48.5 Å². The van der Waals surface area contributed by atoms with Crippen LogP contribution in [0.4, 0.5) is 0 Å². The molecule has 0 radical (unpaired) electrons. The van der Waals surface area contributed by atoms with Crippen molar-refractivity contribution in [1.29, 1.82) is 0 Å². The van der Waals surface area contributed by atoms with Crippen LogP contribution in [0.1, 0.15) is 0 Å². The van der Waals surface area contributed by atoms with Crippen molar-refractivity contribution in [2.45, 2.75) is 0 Å². The summed E-state index contributed by atoms with van der Waals surface area (Å²) in [6, 6.07) is 15.8. The summed E-state index contributed by atoms with van der Waals surface area (Å²) in [6.07, 6.45) is 10.6. The smallest absolute Gasteiger partial charge is 0.759 e. The van der Waals surface area contributed by atoms with E-state index in [9.17, 15) is 0 Å². The predicted molar refractivity (Wildman–Crippen MR) is 181 cm³/mol. The number of hydrogen-bond acceptors (Lipinski definition) is 14. The Morgan fingerprint density at radius 3 is 0.923 bits per heavy atom. The summed E-state index contributed by atoms with van der Waals surface area (Å²) in [7, 11) is -10.3. The summed E-state index contributed by atoms with van der Waals surface area (Å²) in [5.41, 5.74) is 7.59. The van der Waals surface area contributed by atoms with Gasteiger partial charge in [-0.25, -0.2) is 9.97 Å². The number of benzene rings is 2. The van der Waals surface area contributed by atoms with Crippen LogP contribution in [0.25, 0.3) is 65.7 Å². The Bertz CT molecular complexity index is 2200. The number of hydrogen-bond donors (Lipinski definition) is 2. The van der Waals surface area contributed by atoms with Gasteiger partial charge < -0.3 is 61.0 Å². The van der Waals surface area contributed by atoms with E-state index in [1.54, 1.807) is 37.4 Å². The second kappa shape index (κ2) is 22.5. The van der Waals surface area contributed by atoms with Gasteiger partial charge in [0, 0.05) is 67.1 Å². The molecule has 0 aliphatic carbocycles. The van der Waals surface area contributed by atoms with Crippen LogP contribution in [0.2, 0.25) is 0 Å². The molecule has 52 heavy (non-hydrogen) atoms. The van der Waals surface area contributed by atoms with E-state index < -0.39 is 20.8 Å². The fourth-order valence-corrected chi connectivity index (χ4v) is 4.57. The van der Waals surface area contributed by atoms with Crippen molar-refractivity contribution < 1.29 is 102 Å². The molecule has 8 rings (SSSR count). The Balaban J connectivity index is -0.000000315. The van der Waals surface area contributed by atoms with Crippen molar-refractivity contribution in [2.24, 2.45) is 0 Å². The number of aromatic amines is 2. The van der Waals surface area contributed by atoms with Gasteiger partial charge in [0.25, 0.3) is 0 Å². The van der Waals surface area contributed by atoms with E-state index in [4.69, 9.17) is 35.0 Å². The molecule has 6 aromatic heterocycles. The summed E-state index contributed by atoms with van der Waals surface area (Å²) in [6.45, 7) is 0. The first-order valence-electron chi connectivity index (χ1n) is 12.1. The number of imidazole rings is 2. The zero-order valence-electron chi connectivity index (χ0n) is 25.9. The van der Waals surface area contributed by atoms with E-state index in [0.29, 0.717) is 0 Å². The number of nitrogens with one attached hydrogen (secondary N) is 2. The first kappa shape index (κ1) is 54.3. The number of rotatable bonds is 0. The summed E-state index contributed by atoms with van der Waals surface area (Å²) in [5, 5.41) is 4.20. The molecule has 0 unspecified atom stereocenters. The zero-order chi connectivity index (χ0) is 31.5. The van der Waals surface area contributed by atoms with Gasteiger partial charge in [-0.1, -0.05) is 0 Å². The molecule has 0 atom stereocenters. The van der Waals surface area contributed by atoms with Gasteiger partial charge in [-0.3, -0.25) is 36.8 Å². The normalized spacial score (nSPS) is 9.77. The molecule has 0 spiro atoms. The van der Waals surface area contributed by atoms with Crippen LogP contribution in [0, 0.1) is 0 Å². The largest absolute Gasteiger partial charge is 2.00 e. The van der Waals surface area contributed by atoms with Crippen LogP contribution in [0.5, 0.6) is 0 Å². The minimum atomic E-state index is -5.17. The molecule has 0 aliphatic rings. The molecule has 22 nitrogen and oxygen atoms in total. The zero-order valence-corrected chi connectivity index (χ0v) is 29.7. The number of H-pyrrole nitrogens is 2. The molecule has 0 aliphatic heterocycles. The third kappa shape index (κ3) is 13.0. The van der Waals surface area contributed by atoms with Crippen LogP contribution < -0.4 is 0 Å². The van der Waals surface area contributed by atoms with Gasteiger partial charge in [0.2, 0.25) is 0 Å². The minimum absolute atomic E-state index is 0. The molecule has 2 aromatic carbocycles. The van der Waals surface area contributed by atoms with E-state index in [1.165, 1.54) is 0 Å². The second-order valence-corrected chi connectivity index (χ2v) is 10.3. The van der Waals surface area contributed by atoms with Crippen molar-refractivity contribution in [1.82, 2.24) is 39.9 Å². The number of nitrogens with zero attached hydrogens (tertiary/aromatic N) is 6. The van der Waals surface area contributed by atoms with Crippen LogP contribution in [-0.4, -0.2) is 85.9 Å². The maximum atomic E-state index is 8.52. The molecule has 8 aromatic rings. The van der Waals surface area contributed by atoms with Crippen molar-refractivity contribution in [3.8, 4) is 0 Å². The van der Waals surface area contributed by atoms with Crippen LogP contribution in [-0.2, 0) is 76.8 Å². The molecule has 0 bridgehead atoms. The SMILES string of the molecule is O.O.O=S(=O)([O-])[O-].O=S(=O)([O-])[O-].[Fe+2].[Fe+2].[OH3+].[OH3+].[OH3+].[OH3+].c1cnc2c(c1)c1nc[nH]c1c1cccnc12.c1cnc2c(c1)c1nc[nH]c1c1cccnc12. The molecule has 6 heterocycles. The van der Waals surface area contributed by atoms with E-state index in [-0.39, 0.29) is 67.0 Å². The number of aromatic nitrogens is 8. The molecular weight excluding hydrogens is 824 g/mol. The molecule has 0 amide bonds. The van der Waals surface area contributed by atoms with Crippen molar-refractivity contribution >= 4 is 86.5 Å². The average molecular weight is 856 g/mol. The van der Waals surface area contributed by atoms with Gasteiger partial charge in [0.1, 0.15) is 0 Å². The third-order valence-corrected chi connectivity index (χ3v) is 6.01. The summed E-state index contributed by atoms with van der Waals surface area (Å²) in [4.78, 5) is 32.8. The average Bonchev–Trinajstić information content (AvgIpc) is 3.68. The van der Waals surface area contributed by atoms with E-state index in [0.717, 1.165) is 65.7 Å². The number of pyridine rings is 4.